The van der Waals surface area contributed by atoms with Crippen molar-refractivity contribution in [1.82, 2.24) is 9.80 Å². The van der Waals surface area contributed by atoms with Crippen LogP contribution < -0.4 is 19.5 Å². The van der Waals surface area contributed by atoms with Crippen molar-refractivity contribution >= 4 is 61.7 Å². The normalized spacial score (nSPS) is 25.2. The average molecular weight is 655 g/mol. The fraction of sp³-hybridized carbons (Fsp3) is 0.300. The third kappa shape index (κ3) is 3.86. The molecule has 2 fully saturated rings. The van der Waals surface area contributed by atoms with Crippen LogP contribution in [0.5, 0.6) is 17.2 Å². The summed E-state index contributed by atoms with van der Waals surface area (Å²) in [5, 5.41) is 3.08. The predicted octanol–water partition coefficient (Wildman–Crippen LogP) is 5.15. The number of methoxy groups -OCH3 is 3. The van der Waals surface area contributed by atoms with E-state index in [1.807, 2.05) is 72.6 Å². The molecule has 1 N–H and O–H groups in total. The molecule has 41 heavy (non-hydrogen) atoms. The van der Waals surface area contributed by atoms with Gasteiger partial charge in [-0.1, -0.05) is 70.2 Å². The lowest BCUT2D eigenvalue weighted by Gasteiger charge is -2.42. The number of amides is 2. The Hall–Kier alpha value is -3.12. The van der Waals surface area contributed by atoms with Gasteiger partial charge in [0.05, 0.1) is 27.9 Å². The molecule has 3 heterocycles. The molecule has 3 atom stereocenters. The quantitative estimate of drug-likeness (QED) is 0.366. The number of rotatable bonds is 6. The maximum Gasteiger partial charge on any atom is 0.251 e. The number of ether oxygens (including phenoxy) is 3. The van der Waals surface area contributed by atoms with Gasteiger partial charge in [-0.2, -0.15) is 0 Å². The lowest BCUT2D eigenvalue weighted by atomic mass is 9.72. The van der Waals surface area contributed by atoms with E-state index in [4.69, 9.17) is 26.4 Å². The number of anilines is 1. The molecular formula is C30H28BrN3O5S2. The van der Waals surface area contributed by atoms with E-state index < -0.39 is 16.2 Å². The monoisotopic (exact) mass is 653 g/mol. The van der Waals surface area contributed by atoms with Crippen molar-refractivity contribution in [3.8, 4) is 17.2 Å². The Kier molecular flexibility index (Phi) is 7.04. The summed E-state index contributed by atoms with van der Waals surface area (Å²) in [6.45, 7) is 0.709. The van der Waals surface area contributed by atoms with Gasteiger partial charge in [0.2, 0.25) is 11.7 Å². The first-order valence-corrected chi connectivity index (χ1v) is 15.0. The Balaban J connectivity index is 1.61. The zero-order chi connectivity index (χ0) is 29.1. The smallest absolute Gasteiger partial charge is 0.251 e. The zero-order valence-corrected chi connectivity index (χ0v) is 26.1. The van der Waals surface area contributed by atoms with E-state index in [9.17, 15) is 4.79 Å². The van der Waals surface area contributed by atoms with Crippen molar-refractivity contribution in [1.29, 1.82) is 0 Å². The van der Waals surface area contributed by atoms with Crippen LogP contribution in [0.3, 0.4) is 0 Å². The lowest BCUT2D eigenvalue weighted by Crippen LogP contribution is -2.61. The van der Waals surface area contributed by atoms with Crippen LogP contribution in [-0.4, -0.2) is 65.6 Å². The fourth-order valence-corrected chi connectivity index (χ4v) is 9.09. The van der Waals surface area contributed by atoms with Crippen LogP contribution in [0.25, 0.3) is 0 Å². The number of thioether (sulfide) groups is 1. The second-order valence-corrected chi connectivity index (χ2v) is 13.0. The van der Waals surface area contributed by atoms with Gasteiger partial charge in [-0.25, -0.2) is 0 Å². The third-order valence-corrected chi connectivity index (χ3v) is 10.7. The van der Waals surface area contributed by atoms with Crippen LogP contribution in [0.15, 0.2) is 65.1 Å². The number of nitrogens with zero attached hydrogens (tertiary/aromatic N) is 2. The average Bonchev–Trinajstić information content (AvgIpc) is 3.52. The summed E-state index contributed by atoms with van der Waals surface area (Å²) in [5.74, 6) is 0.467. The molecule has 0 radical (unpaired) electrons. The Morgan fingerprint density at radius 2 is 1.71 bits per heavy atom. The molecule has 0 saturated carbocycles. The molecule has 8 nitrogen and oxygen atoms in total. The van der Waals surface area contributed by atoms with Gasteiger partial charge in [0.25, 0.3) is 5.91 Å². The molecule has 3 aliphatic rings. The van der Waals surface area contributed by atoms with E-state index >= 15 is 4.79 Å². The molecule has 2 spiro atoms. The Bertz CT molecular complexity index is 1560. The topological polar surface area (TPSA) is 80.3 Å². The zero-order valence-electron chi connectivity index (χ0n) is 22.9. The Morgan fingerprint density at radius 1 is 1.02 bits per heavy atom. The number of hydrogen-bond donors (Lipinski definition) is 1. The molecule has 3 aromatic rings. The molecule has 0 aromatic heterocycles. The summed E-state index contributed by atoms with van der Waals surface area (Å²) in [5.41, 5.74) is 1.80. The number of hydrogen-bond acceptors (Lipinski definition) is 8. The first kappa shape index (κ1) is 28.0. The highest BCUT2D eigenvalue weighted by molar-refractivity contribution is 9.10. The highest BCUT2D eigenvalue weighted by atomic mass is 79.9. The summed E-state index contributed by atoms with van der Waals surface area (Å²) >= 11 is 10.8. The number of benzene rings is 3. The first-order chi connectivity index (χ1) is 19.7. The van der Waals surface area contributed by atoms with Crippen LogP contribution in [0.4, 0.5) is 5.69 Å². The number of carbonyl (C=O) groups is 2. The van der Waals surface area contributed by atoms with Crippen LogP contribution in [0.2, 0.25) is 0 Å². The van der Waals surface area contributed by atoms with Crippen molar-refractivity contribution in [2.45, 2.75) is 22.7 Å². The van der Waals surface area contributed by atoms with Crippen molar-refractivity contribution in [3.05, 3.63) is 81.8 Å². The summed E-state index contributed by atoms with van der Waals surface area (Å²) in [6, 6.07) is 19.1. The van der Waals surface area contributed by atoms with Gasteiger partial charge in [-0.05, 0) is 48.5 Å². The van der Waals surface area contributed by atoms with E-state index in [-0.39, 0.29) is 11.8 Å². The van der Waals surface area contributed by atoms with Crippen LogP contribution in [-0.2, 0) is 21.7 Å². The molecule has 3 aromatic carbocycles. The summed E-state index contributed by atoms with van der Waals surface area (Å²) in [6.07, 6.45) is 0. The molecule has 2 saturated heterocycles. The minimum absolute atomic E-state index is 0.206. The van der Waals surface area contributed by atoms with Gasteiger partial charge in [0.15, 0.2) is 17.0 Å². The number of fused-ring (bicyclic) bond motifs is 3. The lowest BCUT2D eigenvalue weighted by molar-refractivity contribution is -0.138. The molecular weight excluding hydrogens is 626 g/mol. The van der Waals surface area contributed by atoms with Gasteiger partial charge in [0.1, 0.15) is 9.07 Å². The van der Waals surface area contributed by atoms with Gasteiger partial charge in [0, 0.05) is 28.2 Å². The summed E-state index contributed by atoms with van der Waals surface area (Å²) in [7, 11) is 6.56. The summed E-state index contributed by atoms with van der Waals surface area (Å²) in [4.78, 5) is 33.0. The number of carbonyl (C=O) groups excluding carboxylic acids is 2. The van der Waals surface area contributed by atoms with Crippen molar-refractivity contribution in [2.75, 3.05) is 40.2 Å². The van der Waals surface area contributed by atoms with Crippen molar-refractivity contribution < 1.29 is 23.8 Å². The van der Waals surface area contributed by atoms with E-state index in [0.717, 1.165) is 21.2 Å². The van der Waals surface area contributed by atoms with Crippen LogP contribution in [0, 0.1) is 0 Å². The van der Waals surface area contributed by atoms with E-state index in [0.29, 0.717) is 40.3 Å². The minimum Gasteiger partial charge on any atom is -0.493 e. The minimum atomic E-state index is -1.34. The first-order valence-electron chi connectivity index (χ1n) is 12.9. The van der Waals surface area contributed by atoms with Crippen molar-refractivity contribution in [3.63, 3.8) is 0 Å². The van der Waals surface area contributed by atoms with Gasteiger partial charge in [-0.3, -0.25) is 19.4 Å². The highest BCUT2D eigenvalue weighted by Crippen LogP contribution is 2.66. The van der Waals surface area contributed by atoms with Gasteiger partial charge in [-0.15, -0.1) is 0 Å². The molecule has 6 rings (SSSR count). The maximum atomic E-state index is 15.0. The van der Waals surface area contributed by atoms with E-state index in [1.54, 1.807) is 26.2 Å². The highest BCUT2D eigenvalue weighted by Gasteiger charge is 2.77. The third-order valence-electron chi connectivity index (χ3n) is 8.31. The largest absolute Gasteiger partial charge is 0.493 e. The number of thiocarbonyl (C=S) groups is 1. The van der Waals surface area contributed by atoms with E-state index in [1.165, 1.54) is 11.8 Å². The number of halogens is 1. The molecule has 11 heteroatoms. The standard InChI is InChI=1S/C30H28BrN3O5S2/c1-33-16-21(18-12-23(37-2)25(39-4)24(13-18)38-3)30(29(33)20-14-19(31)10-11-22(20)32-26(29)35)27(36)34(28(40)41-30)15-17-8-6-5-7-9-17/h5-14,21H,15-16H2,1-4H3,(H,32,35). The SMILES string of the molecule is COc1cc(C2CN(C)C3(C(=O)Nc4ccc(Br)cc43)C23SC(=S)N(Cc2ccccc2)C3=O)cc(OC)c1OC. The number of nitrogens with one attached hydrogen (secondary N) is 1. The molecule has 212 valence electrons. The maximum absolute atomic E-state index is 15.0. The second-order valence-electron chi connectivity index (χ2n) is 10.2. The molecule has 3 unspecified atom stereocenters. The number of likely N-dealkylation sites (N-methyl/N-ethyl adjacent to an activating group) is 1. The Labute approximate surface area is 256 Å². The second kappa shape index (κ2) is 10.3. The van der Waals surface area contributed by atoms with E-state index in [2.05, 4.69) is 21.2 Å². The van der Waals surface area contributed by atoms with Crippen LogP contribution in [0.1, 0.15) is 22.6 Å². The Morgan fingerprint density at radius 3 is 2.34 bits per heavy atom. The molecule has 2 amide bonds. The predicted molar refractivity (Wildman–Crippen MR) is 166 cm³/mol. The number of likely N-dealkylation sites (tertiary alicyclic amines) is 1. The molecule has 3 aliphatic heterocycles. The van der Waals surface area contributed by atoms with Crippen molar-refractivity contribution in [2.24, 2.45) is 0 Å². The van der Waals surface area contributed by atoms with Crippen LogP contribution >= 0.6 is 39.9 Å². The summed E-state index contributed by atoms with van der Waals surface area (Å²) < 4.78 is 16.9. The fourth-order valence-electron chi connectivity index (χ4n) is 6.60. The van der Waals surface area contributed by atoms with Gasteiger partial charge < -0.3 is 19.5 Å². The van der Waals surface area contributed by atoms with Gasteiger partial charge >= 0.3 is 0 Å². The molecule has 0 bridgehead atoms. The molecule has 0 aliphatic carbocycles.